The third-order valence-corrected chi connectivity index (χ3v) is 5.42. The predicted octanol–water partition coefficient (Wildman–Crippen LogP) is 4.92. The van der Waals surface area contributed by atoms with Crippen molar-refractivity contribution >= 4 is 33.1 Å². The largest absolute Gasteiger partial charge is 0.508 e. The molecule has 3 N–H and O–H groups in total. The second-order valence-corrected chi connectivity index (χ2v) is 7.25. The van der Waals surface area contributed by atoms with E-state index in [1.165, 1.54) is 11.1 Å². The van der Waals surface area contributed by atoms with Crippen LogP contribution in [0.3, 0.4) is 0 Å². The van der Waals surface area contributed by atoms with E-state index in [2.05, 4.69) is 57.9 Å². The van der Waals surface area contributed by atoms with Gasteiger partial charge >= 0.3 is 0 Å². The summed E-state index contributed by atoms with van der Waals surface area (Å²) in [5.41, 5.74) is 4.14. The number of anilines is 2. The first kappa shape index (κ1) is 17.5. The Morgan fingerprint density at radius 1 is 1.04 bits per heavy atom. The van der Waals surface area contributed by atoms with Crippen LogP contribution < -0.4 is 10.6 Å². The molecule has 5 nitrogen and oxygen atoms in total. The van der Waals surface area contributed by atoms with Crippen LogP contribution >= 0.6 is 11.3 Å². The van der Waals surface area contributed by atoms with Crippen LogP contribution in [0.4, 0.5) is 11.5 Å². The van der Waals surface area contributed by atoms with E-state index in [-0.39, 0.29) is 5.75 Å². The fourth-order valence-corrected chi connectivity index (χ4v) is 3.92. The molecular weight excluding hydrogens is 356 g/mol. The normalized spacial score (nSPS) is 11.0. The van der Waals surface area contributed by atoms with Crippen LogP contribution in [0.5, 0.6) is 5.75 Å². The number of hydrogen-bond donors (Lipinski definition) is 3. The minimum atomic E-state index is 0.217. The van der Waals surface area contributed by atoms with E-state index in [0.717, 1.165) is 39.7 Å². The van der Waals surface area contributed by atoms with E-state index in [1.807, 2.05) is 6.07 Å². The molecule has 2 aromatic heterocycles. The number of thiophene rings is 1. The molecule has 2 aromatic carbocycles. The summed E-state index contributed by atoms with van der Waals surface area (Å²) in [5, 5.41) is 16.3. The Hall–Kier alpha value is -2.96. The number of aromatic hydroxyl groups is 1. The number of nitrogens with zero attached hydrogens (tertiary/aromatic N) is 2. The van der Waals surface area contributed by atoms with E-state index < -0.39 is 0 Å². The topological polar surface area (TPSA) is 70.1 Å². The number of hydrogen-bond acceptors (Lipinski definition) is 6. The van der Waals surface area contributed by atoms with Gasteiger partial charge in [-0.05, 0) is 35.9 Å². The molecule has 4 rings (SSSR count). The summed E-state index contributed by atoms with van der Waals surface area (Å²) in [7, 11) is 0. The monoisotopic (exact) mass is 376 g/mol. The van der Waals surface area contributed by atoms with Gasteiger partial charge in [0.2, 0.25) is 0 Å². The maximum atomic E-state index is 9.66. The molecule has 0 spiro atoms. The summed E-state index contributed by atoms with van der Waals surface area (Å²) < 4.78 is 0.993. The first-order valence-corrected chi connectivity index (χ1v) is 9.65. The van der Waals surface area contributed by atoms with Gasteiger partial charge in [-0.1, -0.05) is 37.3 Å². The predicted molar refractivity (Wildman–Crippen MR) is 112 cm³/mol. The van der Waals surface area contributed by atoms with Gasteiger partial charge in [-0.2, -0.15) is 0 Å². The highest BCUT2D eigenvalue weighted by Crippen LogP contribution is 2.36. The molecule has 0 saturated carbocycles. The van der Waals surface area contributed by atoms with Gasteiger partial charge in [0.05, 0.1) is 10.2 Å². The van der Waals surface area contributed by atoms with Crippen LogP contribution in [0.15, 0.2) is 60.9 Å². The van der Waals surface area contributed by atoms with Crippen molar-refractivity contribution in [1.29, 1.82) is 0 Å². The fourth-order valence-electron chi connectivity index (χ4n) is 2.86. The van der Waals surface area contributed by atoms with Gasteiger partial charge in [0.15, 0.2) is 5.82 Å². The van der Waals surface area contributed by atoms with Gasteiger partial charge in [-0.25, -0.2) is 9.97 Å². The quantitative estimate of drug-likeness (QED) is 0.446. The zero-order valence-corrected chi connectivity index (χ0v) is 15.8. The van der Waals surface area contributed by atoms with Crippen LogP contribution in [-0.2, 0) is 6.54 Å². The van der Waals surface area contributed by atoms with Crippen LogP contribution in [-0.4, -0.2) is 21.6 Å². The van der Waals surface area contributed by atoms with Crippen molar-refractivity contribution in [3.63, 3.8) is 0 Å². The van der Waals surface area contributed by atoms with E-state index in [0.29, 0.717) is 0 Å². The van der Waals surface area contributed by atoms with Gasteiger partial charge in [-0.3, -0.25) is 0 Å². The van der Waals surface area contributed by atoms with Crippen molar-refractivity contribution in [2.75, 3.05) is 11.9 Å². The van der Waals surface area contributed by atoms with Crippen LogP contribution in [0.25, 0.3) is 20.7 Å². The Kier molecular flexibility index (Phi) is 5.00. The third kappa shape index (κ3) is 3.92. The summed E-state index contributed by atoms with van der Waals surface area (Å²) in [4.78, 5) is 9.94. The lowest BCUT2D eigenvalue weighted by Crippen LogP contribution is -2.11. The highest BCUT2D eigenvalue weighted by molar-refractivity contribution is 7.22. The number of benzene rings is 2. The van der Waals surface area contributed by atoms with Crippen LogP contribution in [0, 0.1) is 0 Å². The van der Waals surface area contributed by atoms with Crippen molar-refractivity contribution in [3.8, 4) is 16.2 Å². The second kappa shape index (κ2) is 7.73. The molecule has 0 radical (unpaired) electrons. The fraction of sp³-hybridized carbons (Fsp3) is 0.143. The Morgan fingerprint density at radius 3 is 2.67 bits per heavy atom. The standard InChI is InChI=1S/C21H20N4OS/c1-2-22-12-14-6-8-15(9-7-14)19-11-18-20(27-19)21(24-13-23-18)25-16-4-3-5-17(26)10-16/h3-11,13,22,26H,2,12H2,1H3,(H,23,24,25). The molecule has 136 valence electrons. The van der Waals surface area contributed by atoms with E-state index in [4.69, 9.17) is 0 Å². The second-order valence-electron chi connectivity index (χ2n) is 6.20. The summed E-state index contributed by atoms with van der Waals surface area (Å²) in [6.45, 7) is 3.95. The molecule has 6 heteroatoms. The van der Waals surface area contributed by atoms with E-state index >= 15 is 0 Å². The Bertz CT molecular complexity index is 1060. The van der Waals surface area contributed by atoms with E-state index in [1.54, 1.807) is 35.9 Å². The molecule has 0 atom stereocenters. The number of phenols is 1. The number of fused-ring (bicyclic) bond motifs is 1. The highest BCUT2D eigenvalue weighted by atomic mass is 32.1. The lowest BCUT2D eigenvalue weighted by Gasteiger charge is -2.06. The average molecular weight is 376 g/mol. The van der Waals surface area contributed by atoms with Crippen molar-refractivity contribution < 1.29 is 5.11 Å². The van der Waals surface area contributed by atoms with Gasteiger partial charge in [0.1, 0.15) is 12.1 Å². The molecular formula is C21H20N4OS. The summed E-state index contributed by atoms with van der Waals surface area (Å²) in [6.07, 6.45) is 1.56. The molecule has 0 aliphatic heterocycles. The number of rotatable bonds is 6. The maximum Gasteiger partial charge on any atom is 0.151 e. The smallest absolute Gasteiger partial charge is 0.151 e. The molecule has 0 aliphatic carbocycles. The van der Waals surface area contributed by atoms with Crippen molar-refractivity contribution in [3.05, 3.63) is 66.5 Å². The summed E-state index contributed by atoms with van der Waals surface area (Å²) >= 11 is 1.66. The molecule has 0 unspecified atom stereocenters. The third-order valence-electron chi connectivity index (χ3n) is 4.24. The van der Waals surface area contributed by atoms with E-state index in [9.17, 15) is 5.11 Å². The molecule has 0 fully saturated rings. The molecule has 4 aromatic rings. The molecule has 0 aliphatic rings. The minimum Gasteiger partial charge on any atom is -0.508 e. The van der Waals surface area contributed by atoms with Crippen LogP contribution in [0.2, 0.25) is 0 Å². The SMILES string of the molecule is CCNCc1ccc(-c2cc3ncnc(Nc4cccc(O)c4)c3s2)cc1. The number of nitrogens with one attached hydrogen (secondary N) is 2. The summed E-state index contributed by atoms with van der Waals surface area (Å²) in [5.74, 6) is 0.959. The number of phenolic OH excluding ortho intramolecular Hbond substituents is 1. The Morgan fingerprint density at radius 2 is 1.89 bits per heavy atom. The molecule has 0 saturated heterocycles. The van der Waals surface area contributed by atoms with Gasteiger partial charge < -0.3 is 15.7 Å². The molecule has 27 heavy (non-hydrogen) atoms. The van der Waals surface area contributed by atoms with Crippen molar-refractivity contribution in [2.45, 2.75) is 13.5 Å². The summed E-state index contributed by atoms with van der Waals surface area (Å²) in [6, 6.07) is 17.7. The Labute approximate surface area is 161 Å². The Balaban J connectivity index is 1.64. The maximum absolute atomic E-state index is 9.66. The van der Waals surface area contributed by atoms with Crippen LogP contribution in [0.1, 0.15) is 12.5 Å². The van der Waals surface area contributed by atoms with Crippen molar-refractivity contribution in [1.82, 2.24) is 15.3 Å². The van der Waals surface area contributed by atoms with Gasteiger partial charge in [-0.15, -0.1) is 11.3 Å². The highest BCUT2D eigenvalue weighted by Gasteiger charge is 2.11. The molecule has 0 bridgehead atoms. The first-order chi connectivity index (χ1) is 13.2. The van der Waals surface area contributed by atoms with Gasteiger partial charge in [0, 0.05) is 23.2 Å². The number of aromatic nitrogens is 2. The molecule has 2 heterocycles. The first-order valence-electron chi connectivity index (χ1n) is 8.83. The zero-order chi connectivity index (χ0) is 18.6. The average Bonchev–Trinajstić information content (AvgIpc) is 3.12. The lowest BCUT2D eigenvalue weighted by molar-refractivity contribution is 0.475. The lowest BCUT2D eigenvalue weighted by atomic mass is 10.1. The van der Waals surface area contributed by atoms with Crippen molar-refractivity contribution in [2.24, 2.45) is 0 Å². The minimum absolute atomic E-state index is 0.217. The van der Waals surface area contributed by atoms with Gasteiger partial charge in [0.25, 0.3) is 0 Å². The zero-order valence-electron chi connectivity index (χ0n) is 14.9. The molecule has 0 amide bonds.